The first-order chi connectivity index (χ1) is 16.5. The largest absolute Gasteiger partial charge is 0.493 e. The number of alkyl halides is 3. The number of anilines is 1. The van der Waals surface area contributed by atoms with Crippen LogP contribution in [0.2, 0.25) is 0 Å². The topological polar surface area (TPSA) is 65.5 Å². The van der Waals surface area contributed by atoms with E-state index in [9.17, 15) is 17.6 Å². The minimum Gasteiger partial charge on any atom is -0.493 e. The van der Waals surface area contributed by atoms with Gasteiger partial charge < -0.3 is 19.5 Å². The first-order valence-corrected chi connectivity index (χ1v) is 11.2. The van der Waals surface area contributed by atoms with Crippen LogP contribution in [0.1, 0.15) is 49.7 Å². The fraction of sp³-hybridized carbons (Fsp3) is 0.440. The number of benzene rings is 2. The number of ether oxygens (including phenoxy) is 3. The Morgan fingerprint density at radius 2 is 1.80 bits per heavy atom. The lowest BCUT2D eigenvalue weighted by atomic mass is 10.0. The van der Waals surface area contributed by atoms with Crippen LogP contribution in [0, 0.1) is 12.7 Å². The molecular formula is C25H27F4N3O3. The summed E-state index contributed by atoms with van der Waals surface area (Å²) >= 11 is 0. The Balaban J connectivity index is 1.62. The van der Waals surface area contributed by atoms with E-state index in [0.29, 0.717) is 53.3 Å². The molecule has 6 nitrogen and oxygen atoms in total. The average Bonchev–Trinajstić information content (AvgIpc) is 3.52. The van der Waals surface area contributed by atoms with Crippen molar-refractivity contribution in [2.45, 2.75) is 51.4 Å². The van der Waals surface area contributed by atoms with E-state index >= 15 is 0 Å². The molecule has 0 unspecified atom stereocenters. The van der Waals surface area contributed by atoms with Gasteiger partial charge in [0.05, 0.1) is 36.4 Å². The van der Waals surface area contributed by atoms with Crippen molar-refractivity contribution in [1.82, 2.24) is 9.97 Å². The van der Waals surface area contributed by atoms with E-state index in [4.69, 9.17) is 14.2 Å². The fourth-order valence-electron chi connectivity index (χ4n) is 3.71. The van der Waals surface area contributed by atoms with Gasteiger partial charge in [-0.2, -0.15) is 13.2 Å². The summed E-state index contributed by atoms with van der Waals surface area (Å²) in [4.78, 5) is 8.88. The van der Waals surface area contributed by atoms with Crippen molar-refractivity contribution < 1.29 is 31.8 Å². The summed E-state index contributed by atoms with van der Waals surface area (Å²) in [7, 11) is 1.52. The Morgan fingerprint density at radius 1 is 1.06 bits per heavy atom. The fourth-order valence-corrected chi connectivity index (χ4v) is 3.71. The quantitative estimate of drug-likeness (QED) is 0.282. The predicted molar refractivity (Wildman–Crippen MR) is 123 cm³/mol. The molecule has 2 aromatic carbocycles. The maximum Gasteiger partial charge on any atom is 0.416 e. The number of halogens is 4. The molecule has 10 heteroatoms. The van der Waals surface area contributed by atoms with E-state index in [2.05, 4.69) is 22.2 Å². The molecule has 35 heavy (non-hydrogen) atoms. The minimum atomic E-state index is -4.65. The average molecular weight is 494 g/mol. The molecule has 3 aromatic rings. The lowest BCUT2D eigenvalue weighted by Crippen LogP contribution is -2.15. The summed E-state index contributed by atoms with van der Waals surface area (Å²) in [6.07, 6.45) is -2.59. The summed E-state index contributed by atoms with van der Waals surface area (Å²) in [5, 5.41) is 3.69. The number of fused-ring (bicyclic) bond motifs is 1. The van der Waals surface area contributed by atoms with Crippen LogP contribution in [0.3, 0.4) is 0 Å². The zero-order valence-electron chi connectivity index (χ0n) is 19.9. The monoisotopic (exact) mass is 493 g/mol. The van der Waals surface area contributed by atoms with Crippen molar-refractivity contribution in [3.63, 3.8) is 0 Å². The Morgan fingerprint density at radius 3 is 2.46 bits per heavy atom. The number of hydrogen-bond donors (Lipinski definition) is 1. The lowest BCUT2D eigenvalue weighted by Gasteiger charge is -2.19. The minimum absolute atomic E-state index is 0.0572. The van der Waals surface area contributed by atoms with Gasteiger partial charge in [-0.1, -0.05) is 0 Å². The van der Waals surface area contributed by atoms with Gasteiger partial charge in [-0.25, -0.2) is 14.4 Å². The summed E-state index contributed by atoms with van der Waals surface area (Å²) in [6, 6.07) is 5.22. The third-order valence-corrected chi connectivity index (χ3v) is 5.94. The van der Waals surface area contributed by atoms with E-state index in [1.807, 2.05) is 0 Å². The Hall–Kier alpha value is -3.14. The van der Waals surface area contributed by atoms with Crippen molar-refractivity contribution in [2.75, 3.05) is 25.6 Å². The smallest absolute Gasteiger partial charge is 0.416 e. The maximum atomic E-state index is 13.9. The van der Waals surface area contributed by atoms with Gasteiger partial charge in [-0.05, 0) is 63.4 Å². The molecule has 1 aromatic heterocycles. The number of aromatic nitrogens is 2. The normalized spacial score (nSPS) is 15.7. The Bertz CT molecular complexity index is 1230. The van der Waals surface area contributed by atoms with Crippen molar-refractivity contribution in [3.8, 4) is 11.5 Å². The molecule has 1 saturated carbocycles. The van der Waals surface area contributed by atoms with Crippen LogP contribution in [0.5, 0.6) is 11.5 Å². The van der Waals surface area contributed by atoms with E-state index < -0.39 is 23.6 Å². The highest BCUT2D eigenvalue weighted by Crippen LogP contribution is 2.39. The molecule has 1 fully saturated rings. The van der Waals surface area contributed by atoms with Gasteiger partial charge in [0.25, 0.3) is 0 Å². The van der Waals surface area contributed by atoms with Crippen LogP contribution in [-0.4, -0.2) is 35.9 Å². The van der Waals surface area contributed by atoms with Crippen molar-refractivity contribution in [1.29, 1.82) is 0 Å². The molecule has 1 aliphatic rings. The summed E-state index contributed by atoms with van der Waals surface area (Å²) < 4.78 is 70.6. The molecule has 0 amide bonds. The SMILES string of the molecule is COc1cc2nc(C)nc(N[C@H](C)c3cc(F)cc(C(F)(F)F)c3)c2cc1OCCOC1(C)CC1. The van der Waals surface area contributed by atoms with E-state index in [0.717, 1.165) is 25.0 Å². The van der Waals surface area contributed by atoms with Crippen LogP contribution >= 0.6 is 0 Å². The van der Waals surface area contributed by atoms with Crippen LogP contribution in [0.15, 0.2) is 30.3 Å². The summed E-state index contributed by atoms with van der Waals surface area (Å²) in [5.41, 5.74) is -0.406. The Kier molecular flexibility index (Phi) is 6.77. The maximum absolute atomic E-state index is 13.9. The molecule has 0 bridgehead atoms. The molecule has 1 N–H and O–H groups in total. The van der Waals surface area contributed by atoms with Crippen LogP contribution < -0.4 is 14.8 Å². The van der Waals surface area contributed by atoms with Crippen LogP contribution in [-0.2, 0) is 10.9 Å². The number of nitrogens with zero attached hydrogens (tertiary/aromatic N) is 2. The van der Waals surface area contributed by atoms with Gasteiger partial charge >= 0.3 is 6.18 Å². The molecule has 0 radical (unpaired) electrons. The second kappa shape index (κ2) is 9.49. The van der Waals surface area contributed by atoms with Gasteiger partial charge in [0, 0.05) is 11.5 Å². The zero-order valence-corrected chi connectivity index (χ0v) is 19.9. The van der Waals surface area contributed by atoms with Crippen molar-refractivity contribution >= 4 is 16.7 Å². The third-order valence-electron chi connectivity index (χ3n) is 5.94. The van der Waals surface area contributed by atoms with E-state index in [1.165, 1.54) is 7.11 Å². The van der Waals surface area contributed by atoms with Crippen LogP contribution in [0.4, 0.5) is 23.4 Å². The first-order valence-electron chi connectivity index (χ1n) is 11.2. The lowest BCUT2D eigenvalue weighted by molar-refractivity contribution is -0.137. The van der Waals surface area contributed by atoms with Gasteiger partial charge in [-0.15, -0.1) is 0 Å². The van der Waals surface area contributed by atoms with Gasteiger partial charge in [0.15, 0.2) is 11.5 Å². The molecule has 1 heterocycles. The predicted octanol–water partition coefficient (Wildman–Crippen LogP) is 6.23. The second-order valence-corrected chi connectivity index (χ2v) is 8.92. The van der Waals surface area contributed by atoms with E-state index in [-0.39, 0.29) is 11.2 Å². The number of rotatable bonds is 9. The molecule has 4 rings (SSSR count). The summed E-state index contributed by atoms with van der Waals surface area (Å²) in [5.74, 6) is 0.802. The third kappa shape index (κ3) is 5.93. The molecule has 188 valence electrons. The van der Waals surface area contributed by atoms with Crippen molar-refractivity contribution in [2.24, 2.45) is 0 Å². The highest BCUT2D eigenvalue weighted by molar-refractivity contribution is 5.92. The van der Waals surface area contributed by atoms with E-state index in [1.54, 1.807) is 26.0 Å². The molecule has 1 atom stereocenters. The Labute approximate surface area is 200 Å². The highest BCUT2D eigenvalue weighted by Gasteiger charge is 2.38. The molecule has 0 aliphatic heterocycles. The molecule has 1 aliphatic carbocycles. The highest BCUT2D eigenvalue weighted by atomic mass is 19.4. The van der Waals surface area contributed by atoms with Gasteiger partial charge in [0.2, 0.25) is 0 Å². The zero-order chi connectivity index (χ0) is 25.4. The number of hydrogen-bond acceptors (Lipinski definition) is 6. The number of nitrogens with one attached hydrogen (secondary N) is 1. The molecule has 0 saturated heterocycles. The first kappa shape index (κ1) is 25.0. The van der Waals surface area contributed by atoms with Crippen molar-refractivity contribution in [3.05, 3.63) is 53.1 Å². The van der Waals surface area contributed by atoms with Crippen LogP contribution in [0.25, 0.3) is 10.9 Å². The second-order valence-electron chi connectivity index (χ2n) is 8.92. The number of methoxy groups -OCH3 is 1. The van der Waals surface area contributed by atoms with Gasteiger partial charge in [0.1, 0.15) is 24.1 Å². The van der Waals surface area contributed by atoms with Gasteiger partial charge in [-0.3, -0.25) is 0 Å². The summed E-state index contributed by atoms with van der Waals surface area (Å²) in [6.45, 7) is 6.12. The standard InChI is InChI=1S/C25H27F4N3O3/c1-14(16-9-17(25(27,28)29)11-18(26)10-16)30-23-19-12-22(34-7-8-35-24(3)5-6-24)21(33-4)13-20(19)31-15(2)32-23/h9-14H,5-8H2,1-4H3,(H,30,31,32)/t14-/m1/s1. The molecule has 0 spiro atoms. The number of aryl methyl sites for hydroxylation is 1. The molecular weight excluding hydrogens is 466 g/mol.